The Bertz CT molecular complexity index is 3700. The minimum Gasteiger partial charge on any atom is -0.0616 e. The van der Waals surface area contributed by atoms with Gasteiger partial charge in [-0.1, -0.05) is 164 Å². The van der Waals surface area contributed by atoms with Crippen LogP contribution < -0.4 is 0 Å². The second-order valence-corrected chi connectivity index (χ2v) is 15.1. The lowest BCUT2D eigenvalue weighted by atomic mass is 9.83. The van der Waals surface area contributed by atoms with Crippen molar-refractivity contribution >= 4 is 108 Å². The van der Waals surface area contributed by atoms with Crippen LogP contribution in [0.2, 0.25) is 0 Å². The van der Waals surface area contributed by atoms with Gasteiger partial charge in [-0.2, -0.15) is 0 Å². The van der Waals surface area contributed by atoms with Crippen molar-refractivity contribution in [1.82, 2.24) is 0 Å². The first-order valence-electron chi connectivity index (χ1n) is 18.9. The van der Waals surface area contributed by atoms with Gasteiger partial charge in [-0.25, -0.2) is 0 Å². The van der Waals surface area contributed by atoms with Crippen LogP contribution in [0.25, 0.3) is 130 Å². The minimum atomic E-state index is 1.26. The molecular formula is C54H30. The third-order valence-corrected chi connectivity index (χ3v) is 12.5. The molecule has 54 heavy (non-hydrogen) atoms. The summed E-state index contributed by atoms with van der Waals surface area (Å²) in [4.78, 5) is 0. The Kier molecular flexibility index (Phi) is 5.45. The molecule has 0 aliphatic heterocycles. The SMILES string of the molecule is c1ccc2c(-c3c4cc5c(cc4c(-c4cccc6ccccc46)c4c6cc7ccccc7c7cccc(c34)c76)c3cccc4cccc5c43)cccc2c1. The zero-order valence-corrected chi connectivity index (χ0v) is 29.3. The Morgan fingerprint density at radius 3 is 1.20 bits per heavy atom. The second kappa shape index (κ2) is 10.3. The molecule has 13 aromatic carbocycles. The molecule has 0 heterocycles. The van der Waals surface area contributed by atoms with E-state index in [0.717, 1.165) is 0 Å². The van der Waals surface area contributed by atoms with Crippen LogP contribution >= 0.6 is 0 Å². The number of rotatable bonds is 2. The second-order valence-electron chi connectivity index (χ2n) is 15.1. The van der Waals surface area contributed by atoms with E-state index in [4.69, 9.17) is 0 Å². The predicted octanol–water partition coefficient (Wildman–Crippen LogP) is 15.4. The molecule has 13 aromatic rings. The Morgan fingerprint density at radius 2 is 0.593 bits per heavy atom. The summed E-state index contributed by atoms with van der Waals surface area (Å²) < 4.78 is 0. The highest BCUT2D eigenvalue weighted by Gasteiger charge is 2.26. The standard InChI is InChI=1S/C54H30/c1-4-19-35-31(12-1)15-7-22-39(35)51-46-29-44-41-24-9-17-33-18-10-25-42(49(33)41)45(44)30-47(46)52(40-23-8-16-32-13-2-5-20-36(32)40)54-48-28-34-14-3-6-21-37(34)38-26-11-27-43(50(38)48)53(51)54/h1-30H. The molecule has 0 bridgehead atoms. The van der Waals surface area contributed by atoms with E-state index >= 15 is 0 Å². The topological polar surface area (TPSA) is 0 Å². The van der Waals surface area contributed by atoms with Gasteiger partial charge >= 0.3 is 0 Å². The van der Waals surface area contributed by atoms with Crippen molar-refractivity contribution < 1.29 is 0 Å². The molecule has 246 valence electrons. The molecule has 0 aliphatic rings. The molecule has 0 fully saturated rings. The smallest absolute Gasteiger partial charge is 0.000696 e. The van der Waals surface area contributed by atoms with E-state index in [-0.39, 0.29) is 0 Å². The maximum absolute atomic E-state index is 2.55. The third kappa shape index (κ3) is 3.58. The van der Waals surface area contributed by atoms with Crippen LogP contribution in [0.4, 0.5) is 0 Å². The first kappa shape index (κ1) is 28.6. The van der Waals surface area contributed by atoms with Crippen molar-refractivity contribution in [3.05, 3.63) is 182 Å². The zero-order chi connectivity index (χ0) is 35.1. The lowest BCUT2D eigenvalue weighted by Crippen LogP contribution is -1.91. The van der Waals surface area contributed by atoms with Gasteiger partial charge in [-0.05, 0) is 148 Å². The zero-order valence-electron chi connectivity index (χ0n) is 29.3. The van der Waals surface area contributed by atoms with Gasteiger partial charge in [0.2, 0.25) is 0 Å². The van der Waals surface area contributed by atoms with Gasteiger partial charge in [0.25, 0.3) is 0 Å². The molecule has 0 nitrogen and oxygen atoms in total. The fourth-order valence-electron chi connectivity index (χ4n) is 10.3. The Labute approximate surface area is 310 Å². The third-order valence-electron chi connectivity index (χ3n) is 12.5. The number of benzene rings is 11. The minimum absolute atomic E-state index is 1.26. The summed E-state index contributed by atoms with van der Waals surface area (Å²) in [6.45, 7) is 0. The molecule has 0 saturated carbocycles. The van der Waals surface area contributed by atoms with E-state index in [9.17, 15) is 0 Å². The quantitative estimate of drug-likeness (QED) is 0.160. The number of hydrogen-bond donors (Lipinski definition) is 0. The average molecular weight is 679 g/mol. The van der Waals surface area contributed by atoms with E-state index < -0.39 is 0 Å². The van der Waals surface area contributed by atoms with Gasteiger partial charge in [0, 0.05) is 0 Å². The molecular weight excluding hydrogens is 649 g/mol. The van der Waals surface area contributed by atoms with Gasteiger partial charge in [-0.3, -0.25) is 0 Å². The van der Waals surface area contributed by atoms with Crippen molar-refractivity contribution in [3.63, 3.8) is 0 Å². The normalized spacial score (nSPS) is 12.4. The molecule has 0 unspecified atom stereocenters. The van der Waals surface area contributed by atoms with Gasteiger partial charge in [-0.15, -0.1) is 0 Å². The van der Waals surface area contributed by atoms with Crippen LogP contribution in [0, 0.1) is 0 Å². The molecule has 0 radical (unpaired) electrons. The molecule has 0 saturated heterocycles. The summed E-state index contributed by atoms with van der Waals surface area (Å²) in [5.74, 6) is 0. The largest absolute Gasteiger partial charge is 0.0616 e. The highest BCUT2D eigenvalue weighted by atomic mass is 14.3. The van der Waals surface area contributed by atoms with Crippen LogP contribution in [0.15, 0.2) is 182 Å². The Hall–Kier alpha value is -7.02. The highest BCUT2D eigenvalue weighted by molar-refractivity contribution is 6.44. The molecule has 0 N–H and O–H groups in total. The van der Waals surface area contributed by atoms with Crippen molar-refractivity contribution in [2.24, 2.45) is 0 Å². The van der Waals surface area contributed by atoms with Gasteiger partial charge in [0.1, 0.15) is 0 Å². The summed E-state index contributed by atoms with van der Waals surface area (Å²) in [5.41, 5.74) is 5.20. The predicted molar refractivity (Wildman–Crippen MR) is 235 cm³/mol. The van der Waals surface area contributed by atoms with Gasteiger partial charge in [0.15, 0.2) is 0 Å². The molecule has 0 aromatic heterocycles. The van der Waals surface area contributed by atoms with E-state index in [1.54, 1.807) is 0 Å². The first-order chi connectivity index (χ1) is 26.8. The average Bonchev–Trinajstić information content (AvgIpc) is 3.72. The van der Waals surface area contributed by atoms with Crippen LogP contribution in [0.3, 0.4) is 0 Å². The van der Waals surface area contributed by atoms with E-state index in [2.05, 4.69) is 182 Å². The van der Waals surface area contributed by atoms with E-state index in [1.807, 2.05) is 0 Å². The molecule has 0 spiro atoms. The van der Waals surface area contributed by atoms with Gasteiger partial charge in [0.05, 0.1) is 0 Å². The van der Waals surface area contributed by atoms with Crippen LogP contribution in [-0.2, 0) is 0 Å². The summed E-state index contributed by atoms with van der Waals surface area (Å²) >= 11 is 0. The molecule has 0 heteroatoms. The fourth-order valence-corrected chi connectivity index (χ4v) is 10.3. The molecule has 0 atom stereocenters. The van der Waals surface area contributed by atoms with Crippen molar-refractivity contribution in [1.29, 1.82) is 0 Å². The molecule has 0 aliphatic carbocycles. The number of fused-ring (bicyclic) bond motifs is 11. The van der Waals surface area contributed by atoms with E-state index in [0.29, 0.717) is 0 Å². The van der Waals surface area contributed by atoms with Crippen molar-refractivity contribution in [2.45, 2.75) is 0 Å². The summed E-state index contributed by atoms with van der Waals surface area (Å²) in [5, 5.41) is 26.2. The summed E-state index contributed by atoms with van der Waals surface area (Å²) in [6.07, 6.45) is 0. The van der Waals surface area contributed by atoms with Crippen molar-refractivity contribution in [3.8, 4) is 22.3 Å². The Morgan fingerprint density at radius 1 is 0.185 bits per heavy atom. The van der Waals surface area contributed by atoms with Crippen LogP contribution in [0.1, 0.15) is 0 Å². The molecule has 0 amide bonds. The number of hydrogen-bond acceptors (Lipinski definition) is 0. The lowest BCUT2D eigenvalue weighted by molar-refractivity contribution is 1.72. The summed E-state index contributed by atoms with van der Waals surface area (Å²) in [6, 6.07) is 68.6. The van der Waals surface area contributed by atoms with Gasteiger partial charge < -0.3 is 0 Å². The molecule has 13 rings (SSSR count). The Balaban J connectivity index is 1.39. The first-order valence-corrected chi connectivity index (χ1v) is 18.9. The fraction of sp³-hybridized carbons (Fsp3) is 0. The van der Waals surface area contributed by atoms with Crippen LogP contribution in [-0.4, -0.2) is 0 Å². The maximum Gasteiger partial charge on any atom is -0.000696 e. The lowest BCUT2D eigenvalue weighted by Gasteiger charge is -2.19. The maximum atomic E-state index is 2.55. The van der Waals surface area contributed by atoms with E-state index in [1.165, 1.54) is 130 Å². The summed E-state index contributed by atoms with van der Waals surface area (Å²) in [7, 11) is 0. The van der Waals surface area contributed by atoms with Crippen LogP contribution in [0.5, 0.6) is 0 Å². The van der Waals surface area contributed by atoms with Crippen molar-refractivity contribution in [2.75, 3.05) is 0 Å². The highest BCUT2D eigenvalue weighted by Crippen LogP contribution is 2.55. The monoisotopic (exact) mass is 678 g/mol.